The van der Waals surface area contributed by atoms with E-state index in [-0.39, 0.29) is 17.2 Å². The third-order valence-corrected chi connectivity index (χ3v) is 6.32. The van der Waals surface area contributed by atoms with Gasteiger partial charge in [-0.15, -0.1) is 0 Å². The van der Waals surface area contributed by atoms with Gasteiger partial charge in [0.1, 0.15) is 5.60 Å². The van der Waals surface area contributed by atoms with E-state index in [1.54, 1.807) is 6.92 Å². The van der Waals surface area contributed by atoms with E-state index in [2.05, 4.69) is 20.4 Å². The topological polar surface area (TPSA) is 35.5 Å². The third kappa shape index (κ3) is 2.62. The van der Waals surface area contributed by atoms with Crippen LogP contribution in [0.15, 0.2) is 12.2 Å². The minimum Gasteiger partial charge on any atom is -0.455 e. The first-order valence-electron chi connectivity index (χ1n) is 8.91. The number of esters is 1. The molecule has 2 atom stereocenters. The van der Waals surface area contributed by atoms with Gasteiger partial charge < -0.3 is 9.47 Å². The van der Waals surface area contributed by atoms with Crippen molar-refractivity contribution in [1.29, 1.82) is 0 Å². The normalized spacial score (nSPS) is 42.4. The summed E-state index contributed by atoms with van der Waals surface area (Å²) in [5, 5.41) is 0. The quantitative estimate of drug-likeness (QED) is 0.418. The van der Waals surface area contributed by atoms with Gasteiger partial charge in [0.15, 0.2) is 0 Å². The number of carbonyl (C=O) groups is 1. The maximum atomic E-state index is 12.1. The van der Waals surface area contributed by atoms with E-state index in [1.807, 2.05) is 0 Å². The van der Waals surface area contributed by atoms with E-state index in [0.717, 1.165) is 31.8 Å². The number of hydrogen-bond donors (Lipinski definition) is 0. The van der Waals surface area contributed by atoms with E-state index in [4.69, 9.17) is 9.47 Å². The van der Waals surface area contributed by atoms with Gasteiger partial charge in [0.25, 0.3) is 0 Å². The highest BCUT2D eigenvalue weighted by molar-refractivity contribution is 5.87. The van der Waals surface area contributed by atoms with Gasteiger partial charge in [-0.25, -0.2) is 4.79 Å². The first kappa shape index (κ1) is 16.0. The summed E-state index contributed by atoms with van der Waals surface area (Å²) in [6.07, 6.45) is 8.04. The Morgan fingerprint density at radius 1 is 1.23 bits per heavy atom. The maximum absolute atomic E-state index is 12.1. The zero-order valence-electron chi connectivity index (χ0n) is 14.3. The largest absolute Gasteiger partial charge is 0.455 e. The lowest BCUT2D eigenvalue weighted by atomic mass is 9.48. The molecular weight excluding hydrogens is 276 g/mol. The van der Waals surface area contributed by atoms with Gasteiger partial charge in [-0.2, -0.15) is 0 Å². The van der Waals surface area contributed by atoms with Crippen molar-refractivity contribution < 1.29 is 14.3 Å². The van der Waals surface area contributed by atoms with Crippen molar-refractivity contribution in [2.45, 2.75) is 76.9 Å². The Morgan fingerprint density at radius 3 is 2.41 bits per heavy atom. The number of hydrogen-bond acceptors (Lipinski definition) is 3. The molecular formula is C19H30O3. The number of rotatable bonds is 6. The standard InChI is InChI=1S/C19H30O3/c1-5-6-7-21-19-10-14-8-15(11-19)18(4,16(9-14)12-19)22-17(20)13(2)3/h14-16H,2,5-12H2,1,3-4H3. The molecule has 0 saturated heterocycles. The summed E-state index contributed by atoms with van der Waals surface area (Å²) in [4.78, 5) is 12.1. The molecule has 4 rings (SSSR count). The van der Waals surface area contributed by atoms with E-state index >= 15 is 0 Å². The predicted molar refractivity (Wildman–Crippen MR) is 86.5 cm³/mol. The van der Waals surface area contributed by atoms with Crippen LogP contribution in [0.2, 0.25) is 0 Å². The fourth-order valence-electron chi connectivity index (χ4n) is 5.18. The van der Waals surface area contributed by atoms with E-state index in [0.29, 0.717) is 17.4 Å². The zero-order chi connectivity index (χ0) is 16.0. The fourth-order valence-corrected chi connectivity index (χ4v) is 5.18. The summed E-state index contributed by atoms with van der Waals surface area (Å²) in [5.41, 5.74) is 0.259. The van der Waals surface area contributed by atoms with Crippen LogP contribution in [0.25, 0.3) is 0 Å². The maximum Gasteiger partial charge on any atom is 0.333 e. The van der Waals surface area contributed by atoms with Crippen molar-refractivity contribution in [1.82, 2.24) is 0 Å². The van der Waals surface area contributed by atoms with Crippen LogP contribution in [-0.4, -0.2) is 23.8 Å². The van der Waals surface area contributed by atoms with Gasteiger partial charge in [0, 0.05) is 24.0 Å². The molecule has 0 aliphatic heterocycles. The molecule has 22 heavy (non-hydrogen) atoms. The number of carbonyl (C=O) groups excluding carboxylic acids is 1. The average Bonchev–Trinajstić information content (AvgIpc) is 2.44. The number of ether oxygens (including phenoxy) is 2. The zero-order valence-corrected chi connectivity index (χ0v) is 14.3. The summed E-state index contributed by atoms with van der Waals surface area (Å²) >= 11 is 0. The molecule has 0 aromatic rings. The smallest absolute Gasteiger partial charge is 0.333 e. The molecule has 4 bridgehead atoms. The molecule has 3 heteroatoms. The van der Waals surface area contributed by atoms with Crippen molar-refractivity contribution in [2.75, 3.05) is 6.61 Å². The Morgan fingerprint density at radius 2 is 1.86 bits per heavy atom. The lowest BCUT2D eigenvalue weighted by molar-refractivity contribution is -0.245. The van der Waals surface area contributed by atoms with Gasteiger partial charge >= 0.3 is 5.97 Å². The fraction of sp³-hybridized carbons (Fsp3) is 0.842. The molecule has 4 aliphatic rings. The first-order valence-corrected chi connectivity index (χ1v) is 8.91. The lowest BCUT2D eigenvalue weighted by Gasteiger charge is -2.63. The van der Waals surface area contributed by atoms with Crippen LogP contribution in [0, 0.1) is 17.8 Å². The number of unbranched alkanes of at least 4 members (excludes halogenated alkanes) is 1. The van der Waals surface area contributed by atoms with Gasteiger partial charge in [-0.05, 0) is 58.3 Å². The Labute approximate surface area is 134 Å². The highest BCUT2D eigenvalue weighted by Crippen LogP contribution is 2.62. The van der Waals surface area contributed by atoms with Crippen molar-refractivity contribution in [2.24, 2.45) is 17.8 Å². The minimum absolute atomic E-state index is 0.0702. The molecule has 0 radical (unpaired) electrons. The highest BCUT2D eigenvalue weighted by atomic mass is 16.6. The molecule has 3 nitrogen and oxygen atoms in total. The van der Waals surface area contributed by atoms with E-state index in [1.165, 1.54) is 25.7 Å². The van der Waals surface area contributed by atoms with Crippen LogP contribution in [0.5, 0.6) is 0 Å². The summed E-state index contributed by atoms with van der Waals surface area (Å²) in [6.45, 7) is 10.7. The Balaban J connectivity index is 1.74. The Hall–Kier alpha value is -0.830. The Kier molecular flexibility index (Phi) is 4.13. The van der Waals surface area contributed by atoms with E-state index in [9.17, 15) is 4.79 Å². The Bertz CT molecular complexity index is 451. The molecule has 4 aliphatic carbocycles. The lowest BCUT2D eigenvalue weighted by Crippen LogP contribution is -2.64. The van der Waals surface area contributed by atoms with Crippen LogP contribution in [0.1, 0.15) is 65.7 Å². The molecule has 124 valence electrons. The molecule has 4 saturated carbocycles. The van der Waals surface area contributed by atoms with Crippen LogP contribution < -0.4 is 0 Å². The summed E-state index contributed by atoms with van der Waals surface area (Å²) in [6, 6.07) is 0. The molecule has 0 amide bonds. The average molecular weight is 306 g/mol. The molecule has 0 spiro atoms. The van der Waals surface area contributed by atoms with Crippen molar-refractivity contribution in [3.63, 3.8) is 0 Å². The van der Waals surface area contributed by atoms with Crippen molar-refractivity contribution >= 4 is 5.97 Å². The van der Waals surface area contributed by atoms with Crippen LogP contribution >= 0.6 is 0 Å². The molecule has 0 aromatic heterocycles. The molecule has 0 heterocycles. The minimum atomic E-state index is -0.315. The summed E-state index contributed by atoms with van der Waals surface area (Å²) in [5.74, 6) is 1.43. The van der Waals surface area contributed by atoms with Crippen molar-refractivity contribution in [3.8, 4) is 0 Å². The molecule has 0 N–H and O–H groups in total. The second-order valence-electron chi connectivity index (χ2n) is 8.08. The third-order valence-electron chi connectivity index (χ3n) is 6.32. The van der Waals surface area contributed by atoms with E-state index < -0.39 is 0 Å². The molecule has 4 fully saturated rings. The molecule has 0 aromatic carbocycles. The van der Waals surface area contributed by atoms with Crippen LogP contribution in [0.3, 0.4) is 0 Å². The van der Waals surface area contributed by atoms with Crippen LogP contribution in [-0.2, 0) is 14.3 Å². The van der Waals surface area contributed by atoms with Gasteiger partial charge in [-0.1, -0.05) is 19.9 Å². The summed E-state index contributed by atoms with van der Waals surface area (Å²) in [7, 11) is 0. The highest BCUT2D eigenvalue weighted by Gasteiger charge is 2.62. The van der Waals surface area contributed by atoms with Gasteiger partial charge in [0.2, 0.25) is 0 Å². The van der Waals surface area contributed by atoms with Gasteiger partial charge in [0.05, 0.1) is 5.60 Å². The summed E-state index contributed by atoms with van der Waals surface area (Å²) < 4.78 is 12.3. The second-order valence-corrected chi connectivity index (χ2v) is 8.08. The monoisotopic (exact) mass is 306 g/mol. The molecule has 2 unspecified atom stereocenters. The first-order chi connectivity index (χ1) is 10.4. The van der Waals surface area contributed by atoms with Crippen molar-refractivity contribution in [3.05, 3.63) is 12.2 Å². The second kappa shape index (κ2) is 5.67. The van der Waals surface area contributed by atoms with Crippen LogP contribution in [0.4, 0.5) is 0 Å². The van der Waals surface area contributed by atoms with Gasteiger partial charge in [-0.3, -0.25) is 0 Å². The predicted octanol–water partition coefficient (Wildman–Crippen LogP) is 4.26. The SMILES string of the molecule is C=C(C)C(=O)OC1(C)C2CC3CC1CC(OCCCC)(C3)C2.